The van der Waals surface area contributed by atoms with E-state index in [-0.39, 0.29) is 0 Å². The van der Waals surface area contributed by atoms with Crippen LogP contribution in [0.5, 0.6) is 0 Å². The molecule has 2 aromatic rings. The van der Waals surface area contributed by atoms with Crippen LogP contribution in [0.2, 0.25) is 10.2 Å². The molecule has 0 spiro atoms. The van der Waals surface area contributed by atoms with Crippen LogP contribution in [0.3, 0.4) is 0 Å². The van der Waals surface area contributed by atoms with Crippen molar-refractivity contribution in [1.82, 2.24) is 20.2 Å². The highest BCUT2D eigenvalue weighted by atomic mass is 35.5. The molecule has 126 valence electrons. The van der Waals surface area contributed by atoms with E-state index in [1.54, 1.807) is 11.3 Å². The monoisotopic (exact) mass is 373 g/mol. The maximum atomic E-state index is 6.08. The molecule has 0 aliphatic heterocycles. The van der Waals surface area contributed by atoms with E-state index in [2.05, 4.69) is 32.9 Å². The van der Waals surface area contributed by atoms with E-state index in [0.717, 1.165) is 35.3 Å². The van der Waals surface area contributed by atoms with Crippen molar-refractivity contribution in [1.29, 1.82) is 0 Å². The highest BCUT2D eigenvalue weighted by Gasteiger charge is 2.09. The lowest BCUT2D eigenvalue weighted by atomic mass is 10.4. The van der Waals surface area contributed by atoms with Gasteiger partial charge in [0.1, 0.15) is 5.15 Å². The van der Waals surface area contributed by atoms with E-state index in [4.69, 9.17) is 23.2 Å². The molecule has 5 nitrogen and oxygen atoms in total. The normalized spacial score (nSPS) is 11.8. The van der Waals surface area contributed by atoms with Gasteiger partial charge in [0.25, 0.3) is 0 Å². The van der Waals surface area contributed by atoms with Gasteiger partial charge in [-0.3, -0.25) is 0 Å². The number of guanidine groups is 1. The molecule has 0 unspecified atom stereocenters. The van der Waals surface area contributed by atoms with Gasteiger partial charge in [-0.05, 0) is 19.4 Å². The summed E-state index contributed by atoms with van der Waals surface area (Å²) in [7, 11) is 1.89. The third kappa shape index (κ3) is 4.86. The van der Waals surface area contributed by atoms with Gasteiger partial charge >= 0.3 is 0 Å². The van der Waals surface area contributed by atoms with Crippen molar-refractivity contribution in [3.63, 3.8) is 0 Å². The smallest absolute Gasteiger partial charge is 0.191 e. The summed E-state index contributed by atoms with van der Waals surface area (Å²) in [5.41, 5.74) is 1.99. The third-order valence-corrected chi connectivity index (χ3v) is 5.18. The average molecular weight is 374 g/mol. The van der Waals surface area contributed by atoms with Crippen molar-refractivity contribution in [3.8, 4) is 0 Å². The van der Waals surface area contributed by atoms with Crippen LogP contribution < -0.4 is 10.6 Å². The summed E-state index contributed by atoms with van der Waals surface area (Å²) in [5, 5.41) is 10.8. The van der Waals surface area contributed by atoms with Gasteiger partial charge in [0.05, 0.1) is 28.8 Å². The Kier molecular flexibility index (Phi) is 6.74. The van der Waals surface area contributed by atoms with Crippen LogP contribution in [0.4, 0.5) is 0 Å². The molecule has 8 heteroatoms. The first kappa shape index (κ1) is 18.1. The number of aliphatic imine (C=N–C) groups is 1. The second-order valence-electron chi connectivity index (χ2n) is 4.97. The van der Waals surface area contributed by atoms with E-state index in [1.165, 1.54) is 0 Å². The van der Waals surface area contributed by atoms with Crippen LogP contribution in [-0.2, 0) is 26.6 Å². The zero-order chi connectivity index (χ0) is 16.8. The van der Waals surface area contributed by atoms with Crippen molar-refractivity contribution in [2.24, 2.45) is 12.0 Å². The molecule has 2 heterocycles. The number of nitrogens with one attached hydrogen (secondary N) is 2. The second-order valence-corrected chi connectivity index (χ2v) is 6.68. The summed E-state index contributed by atoms with van der Waals surface area (Å²) < 4.78 is 1.86. The number of hydrogen-bond donors (Lipinski definition) is 2. The molecule has 2 aromatic heterocycles. The highest BCUT2D eigenvalue weighted by molar-refractivity contribution is 7.09. The van der Waals surface area contributed by atoms with Crippen molar-refractivity contribution < 1.29 is 0 Å². The van der Waals surface area contributed by atoms with E-state index in [1.807, 2.05) is 24.6 Å². The number of aromatic nitrogens is 2. The average Bonchev–Trinajstić information content (AvgIpc) is 3.10. The maximum Gasteiger partial charge on any atom is 0.191 e. The first-order valence-electron chi connectivity index (χ1n) is 7.50. The van der Waals surface area contributed by atoms with Gasteiger partial charge in [0.15, 0.2) is 5.96 Å². The zero-order valence-corrected chi connectivity index (χ0v) is 15.8. The predicted octanol–water partition coefficient (Wildman–Crippen LogP) is 3.61. The Hall–Kier alpha value is -1.24. The Morgan fingerprint density at radius 3 is 2.70 bits per heavy atom. The molecule has 2 rings (SSSR count). The van der Waals surface area contributed by atoms with Crippen molar-refractivity contribution in [3.05, 3.63) is 38.0 Å². The van der Waals surface area contributed by atoms with Crippen molar-refractivity contribution in [2.75, 3.05) is 6.54 Å². The van der Waals surface area contributed by atoms with Crippen molar-refractivity contribution >= 4 is 40.5 Å². The van der Waals surface area contributed by atoms with Crippen LogP contribution in [0, 0.1) is 0 Å². The Balaban J connectivity index is 1.99. The minimum Gasteiger partial charge on any atom is -0.357 e. The molecule has 0 aromatic carbocycles. The van der Waals surface area contributed by atoms with Crippen LogP contribution in [0.15, 0.2) is 16.4 Å². The van der Waals surface area contributed by atoms with Gasteiger partial charge in [0.2, 0.25) is 0 Å². The molecule has 0 aliphatic carbocycles. The van der Waals surface area contributed by atoms with Crippen LogP contribution >= 0.6 is 34.5 Å². The van der Waals surface area contributed by atoms with Gasteiger partial charge in [-0.1, -0.05) is 30.1 Å². The predicted molar refractivity (Wildman–Crippen MR) is 98.6 cm³/mol. The number of halogens is 2. The molecule has 23 heavy (non-hydrogen) atoms. The number of aryl methyl sites for hydroxylation is 1. The molecular formula is C15H21Cl2N5S. The lowest BCUT2D eigenvalue weighted by Gasteiger charge is -2.11. The number of rotatable bonds is 6. The molecule has 0 saturated heterocycles. The minimum atomic E-state index is 0.542. The SMILES string of the molecule is CCNC(=NCc1csc(CC)n1)NCc1cc(Cl)c(Cl)n1C. The molecule has 0 aliphatic rings. The van der Waals surface area contributed by atoms with E-state index >= 15 is 0 Å². The Morgan fingerprint density at radius 2 is 2.13 bits per heavy atom. The topological polar surface area (TPSA) is 54.2 Å². The second kappa shape index (κ2) is 8.57. The fourth-order valence-electron chi connectivity index (χ4n) is 2.02. The molecule has 0 bridgehead atoms. The largest absolute Gasteiger partial charge is 0.357 e. The maximum absolute atomic E-state index is 6.08. The first-order valence-corrected chi connectivity index (χ1v) is 9.13. The summed E-state index contributed by atoms with van der Waals surface area (Å²) in [6, 6.07) is 1.86. The number of thiazole rings is 1. The van der Waals surface area contributed by atoms with Crippen molar-refractivity contribution in [2.45, 2.75) is 33.4 Å². The fraction of sp³-hybridized carbons (Fsp3) is 0.467. The summed E-state index contributed by atoms with van der Waals surface area (Å²) in [5.74, 6) is 0.743. The van der Waals surface area contributed by atoms with Crippen LogP contribution in [-0.4, -0.2) is 22.1 Å². The summed E-state index contributed by atoms with van der Waals surface area (Å²) in [6.07, 6.45) is 0.960. The van der Waals surface area contributed by atoms with Gasteiger partial charge in [-0.25, -0.2) is 9.98 Å². The zero-order valence-electron chi connectivity index (χ0n) is 13.5. The lowest BCUT2D eigenvalue weighted by Crippen LogP contribution is -2.37. The third-order valence-electron chi connectivity index (χ3n) is 3.30. The molecule has 0 fully saturated rings. The molecule has 0 atom stereocenters. The summed E-state index contributed by atoms with van der Waals surface area (Å²) >= 11 is 13.8. The van der Waals surface area contributed by atoms with Crippen LogP contribution in [0.25, 0.3) is 0 Å². The molecule has 2 N–H and O–H groups in total. The Bertz CT molecular complexity index is 677. The Labute approximate surface area is 150 Å². The molecule has 0 saturated carbocycles. The molecule has 0 radical (unpaired) electrons. The van der Waals surface area contributed by atoms with Crippen LogP contribution in [0.1, 0.15) is 30.2 Å². The van der Waals surface area contributed by atoms with Gasteiger partial charge in [-0.15, -0.1) is 11.3 Å². The fourth-order valence-corrected chi connectivity index (χ4v) is 3.17. The standard InChI is InChI=1S/C15H21Cl2N5S/c1-4-13-21-10(9-23-13)7-19-15(18-5-2)20-8-11-6-12(16)14(17)22(11)3/h6,9H,4-5,7-8H2,1-3H3,(H2,18,19,20). The lowest BCUT2D eigenvalue weighted by molar-refractivity contribution is 0.751. The van der Waals surface area contributed by atoms with Gasteiger partial charge in [0, 0.05) is 24.7 Å². The van der Waals surface area contributed by atoms with E-state index in [9.17, 15) is 0 Å². The molecule has 0 amide bonds. The Morgan fingerprint density at radius 1 is 1.35 bits per heavy atom. The van der Waals surface area contributed by atoms with E-state index < -0.39 is 0 Å². The number of hydrogen-bond acceptors (Lipinski definition) is 3. The highest BCUT2D eigenvalue weighted by Crippen LogP contribution is 2.24. The quantitative estimate of drug-likeness (QED) is 0.600. The minimum absolute atomic E-state index is 0.542. The van der Waals surface area contributed by atoms with Gasteiger partial charge in [-0.2, -0.15) is 0 Å². The molecular weight excluding hydrogens is 353 g/mol. The number of nitrogens with zero attached hydrogens (tertiary/aromatic N) is 3. The first-order chi connectivity index (χ1) is 11.0. The summed E-state index contributed by atoms with van der Waals surface area (Å²) in [4.78, 5) is 9.09. The van der Waals surface area contributed by atoms with Gasteiger partial charge < -0.3 is 15.2 Å². The summed E-state index contributed by atoms with van der Waals surface area (Å²) in [6.45, 7) is 6.07. The van der Waals surface area contributed by atoms with E-state index in [0.29, 0.717) is 23.3 Å².